The molecule has 1 aromatic carbocycles. The Hall–Kier alpha value is -2.68. The van der Waals surface area contributed by atoms with Crippen LogP contribution in [0, 0.1) is 0 Å². The van der Waals surface area contributed by atoms with Gasteiger partial charge in [0.05, 0.1) is 27.7 Å². The number of rotatable bonds is 7. The molecule has 7 nitrogen and oxygen atoms in total. The molecule has 1 amide bonds. The zero-order valence-electron chi connectivity index (χ0n) is 15.0. The highest BCUT2D eigenvalue weighted by atomic mass is 35.5. The van der Waals surface area contributed by atoms with Gasteiger partial charge >= 0.3 is 0 Å². The maximum absolute atomic E-state index is 12.4. The van der Waals surface area contributed by atoms with E-state index in [1.165, 1.54) is 11.3 Å². The van der Waals surface area contributed by atoms with Crippen molar-refractivity contribution in [3.05, 3.63) is 69.5 Å². The van der Waals surface area contributed by atoms with E-state index in [0.717, 1.165) is 10.4 Å². The predicted octanol–water partition coefficient (Wildman–Crippen LogP) is 4.92. The van der Waals surface area contributed by atoms with Crippen LogP contribution in [-0.4, -0.2) is 25.8 Å². The van der Waals surface area contributed by atoms with Crippen LogP contribution in [-0.2, 0) is 17.8 Å². The normalized spacial score (nSPS) is 11.0. The molecule has 29 heavy (non-hydrogen) atoms. The van der Waals surface area contributed by atoms with Gasteiger partial charge in [0.25, 0.3) is 0 Å². The highest BCUT2D eigenvalue weighted by molar-refractivity contribution is 7.13. The molecule has 0 aliphatic rings. The molecule has 0 saturated carbocycles. The molecule has 148 valence electrons. The van der Waals surface area contributed by atoms with E-state index in [1.807, 2.05) is 29.6 Å². The third kappa shape index (κ3) is 4.67. The summed E-state index contributed by atoms with van der Waals surface area (Å²) in [7, 11) is 0. The molecule has 1 N–H and O–H groups in total. The van der Waals surface area contributed by atoms with Crippen LogP contribution in [0.2, 0.25) is 10.0 Å². The fourth-order valence-corrected chi connectivity index (χ4v) is 3.71. The molecule has 0 radical (unpaired) electrons. The minimum atomic E-state index is -0.181. The van der Waals surface area contributed by atoms with Crippen LogP contribution in [0.15, 0.2) is 52.5 Å². The van der Waals surface area contributed by atoms with Crippen LogP contribution in [0.25, 0.3) is 10.7 Å². The Kier molecular flexibility index (Phi) is 5.94. The summed E-state index contributed by atoms with van der Waals surface area (Å²) in [6.45, 7) is 0.385. The number of carbonyl (C=O) groups excluding carboxylic acids is 1. The predicted molar refractivity (Wildman–Crippen MR) is 112 cm³/mol. The summed E-state index contributed by atoms with van der Waals surface area (Å²) in [6.07, 6.45) is 2.16. The summed E-state index contributed by atoms with van der Waals surface area (Å²) >= 11 is 13.8. The molecule has 0 spiro atoms. The van der Waals surface area contributed by atoms with Crippen LogP contribution in [0.4, 0.5) is 5.82 Å². The van der Waals surface area contributed by atoms with Crippen molar-refractivity contribution in [1.29, 1.82) is 0 Å². The highest BCUT2D eigenvalue weighted by Crippen LogP contribution is 2.27. The number of thiophene rings is 1. The Balaban J connectivity index is 1.36. The van der Waals surface area contributed by atoms with Gasteiger partial charge in [0, 0.05) is 18.9 Å². The van der Waals surface area contributed by atoms with Crippen LogP contribution in [0.3, 0.4) is 0 Å². The van der Waals surface area contributed by atoms with Crippen molar-refractivity contribution in [2.75, 3.05) is 5.32 Å². The minimum absolute atomic E-state index is 0.181. The molecule has 0 fully saturated rings. The lowest BCUT2D eigenvalue weighted by atomic mass is 10.2. The van der Waals surface area contributed by atoms with Gasteiger partial charge in [-0.1, -0.05) is 46.6 Å². The smallest absolute Gasteiger partial charge is 0.227 e. The number of benzene rings is 1. The first kappa shape index (κ1) is 19.6. The largest absolute Gasteiger partial charge is 0.339 e. The number of amides is 1. The standard InChI is InChI=1S/C19H15Cl2N5O2S/c20-13-4-1-3-12(18(13)21)11-26-15(8-9-22-26)23-16(27)6-7-17-24-19(25-28-17)14-5-2-10-29-14/h1-5,8-10H,6-7,11H2,(H,23,27). The van der Waals surface area contributed by atoms with Gasteiger partial charge in [0.15, 0.2) is 0 Å². The molecule has 3 aromatic heterocycles. The van der Waals surface area contributed by atoms with Gasteiger partial charge in [-0.25, -0.2) is 4.68 Å². The lowest BCUT2D eigenvalue weighted by molar-refractivity contribution is -0.116. The number of nitrogens with one attached hydrogen (secondary N) is 1. The van der Waals surface area contributed by atoms with Crippen LogP contribution in [0.5, 0.6) is 0 Å². The fraction of sp³-hybridized carbons (Fsp3) is 0.158. The lowest BCUT2D eigenvalue weighted by Crippen LogP contribution is -2.16. The third-order valence-corrected chi connectivity index (χ3v) is 5.84. The van der Waals surface area contributed by atoms with E-state index in [9.17, 15) is 4.79 Å². The van der Waals surface area contributed by atoms with Crippen molar-refractivity contribution >= 4 is 46.3 Å². The van der Waals surface area contributed by atoms with Crippen LogP contribution < -0.4 is 5.32 Å². The second kappa shape index (κ2) is 8.77. The van der Waals surface area contributed by atoms with E-state index in [0.29, 0.717) is 40.5 Å². The number of carbonyl (C=O) groups is 1. The van der Waals surface area contributed by atoms with Gasteiger partial charge in [-0.3, -0.25) is 4.79 Å². The zero-order valence-corrected chi connectivity index (χ0v) is 17.3. The average Bonchev–Trinajstić information content (AvgIpc) is 3.46. The van der Waals surface area contributed by atoms with Crippen LogP contribution in [0.1, 0.15) is 17.9 Å². The Morgan fingerprint density at radius 1 is 1.21 bits per heavy atom. The first-order valence-corrected chi connectivity index (χ1v) is 10.3. The monoisotopic (exact) mass is 447 g/mol. The Morgan fingerprint density at radius 2 is 2.10 bits per heavy atom. The molecular weight excluding hydrogens is 433 g/mol. The van der Waals surface area contributed by atoms with E-state index in [2.05, 4.69) is 20.6 Å². The summed E-state index contributed by atoms with van der Waals surface area (Å²) in [4.78, 5) is 17.6. The molecule has 10 heteroatoms. The van der Waals surface area contributed by atoms with E-state index < -0.39 is 0 Å². The summed E-state index contributed by atoms with van der Waals surface area (Å²) < 4.78 is 6.87. The number of hydrogen-bond donors (Lipinski definition) is 1. The number of nitrogens with zero attached hydrogens (tertiary/aromatic N) is 4. The van der Waals surface area contributed by atoms with Gasteiger partial charge in [-0.05, 0) is 23.1 Å². The van der Waals surface area contributed by atoms with Crippen molar-refractivity contribution in [1.82, 2.24) is 19.9 Å². The third-order valence-electron chi connectivity index (χ3n) is 4.11. The van der Waals surface area contributed by atoms with Crippen molar-refractivity contribution in [3.63, 3.8) is 0 Å². The summed E-state index contributed by atoms with van der Waals surface area (Å²) in [5, 5.41) is 13.9. The second-order valence-electron chi connectivity index (χ2n) is 6.12. The molecule has 0 aliphatic heterocycles. The van der Waals surface area contributed by atoms with E-state index in [4.69, 9.17) is 27.7 Å². The maximum Gasteiger partial charge on any atom is 0.227 e. The van der Waals surface area contributed by atoms with Gasteiger partial charge < -0.3 is 9.84 Å². The number of anilines is 1. The van der Waals surface area contributed by atoms with Crippen molar-refractivity contribution < 1.29 is 9.32 Å². The fourth-order valence-electron chi connectivity index (χ4n) is 2.68. The average molecular weight is 448 g/mol. The lowest BCUT2D eigenvalue weighted by Gasteiger charge is -2.10. The molecule has 0 atom stereocenters. The van der Waals surface area contributed by atoms with Crippen molar-refractivity contribution in [2.45, 2.75) is 19.4 Å². The second-order valence-corrected chi connectivity index (χ2v) is 7.86. The Morgan fingerprint density at radius 3 is 2.93 bits per heavy atom. The van der Waals surface area contributed by atoms with E-state index in [-0.39, 0.29) is 12.3 Å². The van der Waals surface area contributed by atoms with Crippen LogP contribution >= 0.6 is 34.5 Å². The first-order chi connectivity index (χ1) is 14.1. The SMILES string of the molecule is O=C(CCc1nc(-c2cccs2)no1)Nc1ccnn1Cc1cccc(Cl)c1Cl. The molecule has 0 bridgehead atoms. The Bertz CT molecular complexity index is 1120. The van der Waals surface area contributed by atoms with Crippen molar-refractivity contribution in [3.8, 4) is 10.7 Å². The van der Waals surface area contributed by atoms with Crippen molar-refractivity contribution in [2.24, 2.45) is 0 Å². The van der Waals surface area contributed by atoms with Gasteiger partial charge in [0.1, 0.15) is 5.82 Å². The maximum atomic E-state index is 12.4. The molecule has 3 heterocycles. The zero-order chi connectivity index (χ0) is 20.2. The van der Waals surface area contributed by atoms with Gasteiger partial charge in [-0.2, -0.15) is 10.1 Å². The number of aromatic nitrogens is 4. The first-order valence-electron chi connectivity index (χ1n) is 8.71. The number of aryl methyl sites for hydroxylation is 1. The summed E-state index contributed by atoms with van der Waals surface area (Å²) in [5.41, 5.74) is 0.810. The number of hydrogen-bond acceptors (Lipinski definition) is 6. The Labute approximate surface area is 180 Å². The molecular formula is C19H15Cl2N5O2S. The highest BCUT2D eigenvalue weighted by Gasteiger charge is 2.13. The van der Waals surface area contributed by atoms with E-state index in [1.54, 1.807) is 23.0 Å². The summed E-state index contributed by atoms with van der Waals surface area (Å²) in [5.74, 6) is 1.34. The quantitative estimate of drug-likeness (QED) is 0.434. The summed E-state index contributed by atoms with van der Waals surface area (Å²) in [6, 6.07) is 11.0. The van der Waals surface area contributed by atoms with E-state index >= 15 is 0 Å². The molecule has 0 saturated heterocycles. The topological polar surface area (TPSA) is 85.8 Å². The molecule has 0 aliphatic carbocycles. The number of halogens is 2. The molecule has 0 unspecified atom stereocenters. The minimum Gasteiger partial charge on any atom is -0.339 e. The molecule has 4 rings (SSSR count). The van der Waals surface area contributed by atoms with Gasteiger partial charge in [-0.15, -0.1) is 11.3 Å². The van der Waals surface area contributed by atoms with Gasteiger partial charge in [0.2, 0.25) is 17.6 Å². The molecule has 4 aromatic rings.